The first-order valence-electron chi connectivity index (χ1n) is 7.50. The van der Waals surface area contributed by atoms with E-state index in [0.29, 0.717) is 11.5 Å². The molecule has 1 aliphatic rings. The topological polar surface area (TPSA) is 44.4 Å². The molecule has 0 bridgehead atoms. The monoisotopic (exact) mass is 305 g/mol. The summed E-state index contributed by atoms with van der Waals surface area (Å²) < 4.78 is 0. The van der Waals surface area contributed by atoms with Crippen LogP contribution in [-0.4, -0.2) is 35.6 Å². The first-order valence-corrected chi connectivity index (χ1v) is 7.91. The molecule has 5 heteroatoms. The Morgan fingerprint density at radius 2 is 2.05 bits per heavy atom. The van der Waals surface area contributed by atoms with Crippen molar-refractivity contribution in [1.82, 2.24) is 15.5 Å². The summed E-state index contributed by atoms with van der Waals surface area (Å²) in [4.78, 5) is 13.4. The second-order valence-corrected chi connectivity index (χ2v) is 5.84. The Bertz CT molecular complexity index is 487. The zero-order valence-electron chi connectivity index (χ0n) is 12.5. The summed E-state index contributed by atoms with van der Waals surface area (Å²) >= 11 is 5.25. The van der Waals surface area contributed by atoms with E-state index in [1.807, 2.05) is 4.90 Å². The van der Waals surface area contributed by atoms with Crippen molar-refractivity contribution < 1.29 is 4.79 Å². The molecule has 1 fully saturated rings. The maximum absolute atomic E-state index is 11.5. The van der Waals surface area contributed by atoms with Crippen LogP contribution in [0.4, 0.5) is 0 Å². The maximum Gasteiger partial charge on any atom is 0.222 e. The van der Waals surface area contributed by atoms with Crippen LogP contribution in [0.15, 0.2) is 24.3 Å². The fourth-order valence-corrected chi connectivity index (χ4v) is 2.54. The molecule has 1 saturated heterocycles. The number of hydrogen-bond acceptors (Lipinski definition) is 2. The third-order valence-corrected chi connectivity index (χ3v) is 3.92. The minimum absolute atomic E-state index is 0.287. The van der Waals surface area contributed by atoms with Crippen LogP contribution < -0.4 is 10.6 Å². The molecule has 1 heterocycles. The van der Waals surface area contributed by atoms with Crippen molar-refractivity contribution in [1.29, 1.82) is 0 Å². The molecule has 114 valence electrons. The lowest BCUT2D eigenvalue weighted by Crippen LogP contribution is -2.36. The van der Waals surface area contributed by atoms with E-state index >= 15 is 0 Å². The molecule has 0 aliphatic carbocycles. The lowest BCUT2D eigenvalue weighted by atomic mass is 10.1. The number of carbonyl (C=O) groups is 1. The van der Waals surface area contributed by atoms with Gasteiger partial charge < -0.3 is 15.5 Å². The molecule has 1 amide bonds. The average Bonchev–Trinajstić information content (AvgIpc) is 2.88. The Kier molecular flexibility index (Phi) is 5.99. The smallest absolute Gasteiger partial charge is 0.222 e. The molecular formula is C16H23N3OS. The second kappa shape index (κ2) is 7.98. The Balaban J connectivity index is 1.57. The third-order valence-electron chi connectivity index (χ3n) is 3.64. The van der Waals surface area contributed by atoms with E-state index in [9.17, 15) is 4.79 Å². The van der Waals surface area contributed by atoms with Gasteiger partial charge in [-0.2, -0.15) is 0 Å². The number of likely N-dealkylation sites (tertiary alicyclic amines) is 1. The number of nitrogens with one attached hydrogen (secondary N) is 2. The summed E-state index contributed by atoms with van der Waals surface area (Å²) in [5.41, 5.74) is 2.48. The van der Waals surface area contributed by atoms with Crippen molar-refractivity contribution in [2.24, 2.45) is 0 Å². The molecule has 0 radical (unpaired) electrons. The van der Waals surface area contributed by atoms with Crippen molar-refractivity contribution in [3.63, 3.8) is 0 Å². The molecule has 2 rings (SSSR count). The minimum atomic E-state index is 0.287. The van der Waals surface area contributed by atoms with Crippen molar-refractivity contribution in [3.05, 3.63) is 35.4 Å². The highest BCUT2D eigenvalue weighted by molar-refractivity contribution is 7.80. The van der Waals surface area contributed by atoms with Gasteiger partial charge in [0.15, 0.2) is 5.11 Å². The fraction of sp³-hybridized carbons (Fsp3) is 0.500. The summed E-state index contributed by atoms with van der Waals surface area (Å²) in [6.07, 6.45) is 2.64. The van der Waals surface area contributed by atoms with Crippen molar-refractivity contribution in [2.45, 2.75) is 32.7 Å². The Morgan fingerprint density at radius 3 is 2.71 bits per heavy atom. The molecule has 0 unspecified atom stereocenters. The molecule has 1 aromatic rings. The summed E-state index contributed by atoms with van der Waals surface area (Å²) in [6.45, 7) is 5.34. The molecule has 0 atom stereocenters. The number of benzene rings is 1. The van der Waals surface area contributed by atoms with Crippen molar-refractivity contribution >= 4 is 23.2 Å². The van der Waals surface area contributed by atoms with E-state index in [1.165, 1.54) is 11.1 Å². The highest BCUT2D eigenvalue weighted by Crippen LogP contribution is 2.09. The summed E-state index contributed by atoms with van der Waals surface area (Å²) in [5.74, 6) is 0.287. The first kappa shape index (κ1) is 15.8. The van der Waals surface area contributed by atoms with Crippen LogP contribution in [0.1, 0.15) is 30.4 Å². The van der Waals surface area contributed by atoms with E-state index in [1.54, 1.807) is 0 Å². The van der Waals surface area contributed by atoms with Gasteiger partial charge in [0.05, 0.1) is 0 Å². The van der Waals surface area contributed by atoms with Gasteiger partial charge in [0.1, 0.15) is 0 Å². The van der Waals surface area contributed by atoms with Crippen LogP contribution in [0.25, 0.3) is 0 Å². The molecular weight excluding hydrogens is 282 g/mol. The SMILES string of the molecule is Cc1ccc(CNC(=S)NCCCN2CCCC2=O)cc1. The fourth-order valence-electron chi connectivity index (χ4n) is 2.36. The summed E-state index contributed by atoms with van der Waals surface area (Å²) in [5, 5.41) is 7.05. The van der Waals surface area contributed by atoms with Crippen LogP contribution in [0, 0.1) is 6.92 Å². The highest BCUT2D eigenvalue weighted by atomic mass is 32.1. The highest BCUT2D eigenvalue weighted by Gasteiger charge is 2.18. The average molecular weight is 305 g/mol. The second-order valence-electron chi connectivity index (χ2n) is 5.43. The van der Waals surface area contributed by atoms with E-state index in [2.05, 4.69) is 41.8 Å². The summed E-state index contributed by atoms with van der Waals surface area (Å²) in [6, 6.07) is 8.40. The van der Waals surface area contributed by atoms with Gasteiger partial charge in [-0.15, -0.1) is 0 Å². The van der Waals surface area contributed by atoms with Crippen LogP contribution in [0.5, 0.6) is 0 Å². The predicted octanol–water partition coefficient (Wildman–Crippen LogP) is 1.97. The van der Waals surface area contributed by atoms with Gasteiger partial charge in [-0.25, -0.2) is 0 Å². The van der Waals surface area contributed by atoms with Gasteiger partial charge >= 0.3 is 0 Å². The van der Waals surface area contributed by atoms with Crippen LogP contribution >= 0.6 is 12.2 Å². The van der Waals surface area contributed by atoms with Gasteiger partial charge in [0, 0.05) is 32.6 Å². The Morgan fingerprint density at radius 1 is 1.29 bits per heavy atom. The summed E-state index contributed by atoms with van der Waals surface area (Å²) in [7, 11) is 0. The zero-order valence-corrected chi connectivity index (χ0v) is 13.3. The zero-order chi connectivity index (χ0) is 15.1. The molecule has 2 N–H and O–H groups in total. The Labute approximate surface area is 131 Å². The van der Waals surface area contributed by atoms with Gasteiger partial charge in [0.25, 0.3) is 0 Å². The molecule has 0 saturated carbocycles. The van der Waals surface area contributed by atoms with Crippen LogP contribution in [-0.2, 0) is 11.3 Å². The predicted molar refractivity (Wildman–Crippen MR) is 89.1 cm³/mol. The van der Waals surface area contributed by atoms with E-state index in [0.717, 1.165) is 39.0 Å². The van der Waals surface area contributed by atoms with Crippen molar-refractivity contribution in [2.75, 3.05) is 19.6 Å². The van der Waals surface area contributed by atoms with E-state index in [4.69, 9.17) is 12.2 Å². The van der Waals surface area contributed by atoms with Gasteiger partial charge in [-0.3, -0.25) is 4.79 Å². The molecule has 1 aromatic carbocycles. The quantitative estimate of drug-likeness (QED) is 0.623. The third kappa shape index (κ3) is 5.34. The maximum atomic E-state index is 11.5. The van der Waals surface area contributed by atoms with E-state index in [-0.39, 0.29) is 5.91 Å². The van der Waals surface area contributed by atoms with Crippen molar-refractivity contribution in [3.8, 4) is 0 Å². The molecule has 4 nitrogen and oxygen atoms in total. The van der Waals surface area contributed by atoms with E-state index < -0.39 is 0 Å². The standard InChI is InChI=1S/C16H23N3OS/c1-13-5-7-14(8-6-13)12-18-16(21)17-9-3-11-19-10-2-4-15(19)20/h5-8H,2-4,9-12H2,1H3,(H2,17,18,21). The molecule has 0 spiro atoms. The first-order chi connectivity index (χ1) is 10.1. The number of nitrogens with zero attached hydrogens (tertiary/aromatic N) is 1. The number of aryl methyl sites for hydroxylation is 1. The Hall–Kier alpha value is -1.62. The largest absolute Gasteiger partial charge is 0.363 e. The van der Waals surface area contributed by atoms with Gasteiger partial charge in [0.2, 0.25) is 5.91 Å². The van der Waals surface area contributed by atoms with Gasteiger partial charge in [-0.05, 0) is 37.5 Å². The number of hydrogen-bond donors (Lipinski definition) is 2. The van der Waals surface area contributed by atoms with Gasteiger partial charge in [-0.1, -0.05) is 29.8 Å². The number of carbonyl (C=O) groups excluding carboxylic acids is 1. The molecule has 1 aliphatic heterocycles. The molecule has 21 heavy (non-hydrogen) atoms. The molecule has 0 aromatic heterocycles. The number of amides is 1. The number of rotatable bonds is 6. The minimum Gasteiger partial charge on any atom is -0.363 e. The normalized spacial score (nSPS) is 14.3. The number of thiocarbonyl (C=S) groups is 1. The van der Waals surface area contributed by atoms with Crippen LogP contribution in [0.3, 0.4) is 0 Å². The van der Waals surface area contributed by atoms with Crippen LogP contribution in [0.2, 0.25) is 0 Å². The lowest BCUT2D eigenvalue weighted by Gasteiger charge is -2.16. The lowest BCUT2D eigenvalue weighted by molar-refractivity contribution is -0.127.